The van der Waals surface area contributed by atoms with Gasteiger partial charge in [-0.05, 0) is 12.1 Å². The lowest BCUT2D eigenvalue weighted by Crippen LogP contribution is -2.22. The highest BCUT2D eigenvalue weighted by molar-refractivity contribution is 5.96. The van der Waals surface area contributed by atoms with Crippen LogP contribution < -0.4 is 15.8 Å². The molecule has 0 atom stereocenters. The molecule has 3 N–H and O–H groups in total. The van der Waals surface area contributed by atoms with Gasteiger partial charge >= 0.3 is 0 Å². The van der Waals surface area contributed by atoms with Crippen LogP contribution in [0.25, 0.3) is 0 Å². The molecule has 2 rings (SSSR count). The number of nitrogens with two attached hydrogens (primary N) is 1. The monoisotopic (exact) mass is 330 g/mol. The number of amides is 2. The van der Waals surface area contributed by atoms with Gasteiger partial charge in [-0.1, -0.05) is 32.9 Å². The number of hydrogen-bond acceptors (Lipinski definition) is 4. The maximum atomic E-state index is 12.1. The maximum Gasteiger partial charge on any atom is 0.263 e. The van der Waals surface area contributed by atoms with Gasteiger partial charge in [0.25, 0.3) is 11.8 Å². The lowest BCUT2D eigenvalue weighted by Gasteiger charge is -2.13. The van der Waals surface area contributed by atoms with E-state index in [1.54, 1.807) is 36.0 Å². The number of rotatable bonds is 5. The second-order valence-electron chi connectivity index (χ2n) is 6.49. The Morgan fingerprint density at radius 3 is 2.54 bits per heavy atom. The number of carbonyl (C=O) groups excluding carboxylic acids is 2. The summed E-state index contributed by atoms with van der Waals surface area (Å²) in [6.07, 6.45) is 0. The van der Waals surface area contributed by atoms with Crippen LogP contribution in [0.5, 0.6) is 5.75 Å². The molecule has 0 aliphatic rings. The van der Waals surface area contributed by atoms with E-state index in [9.17, 15) is 9.59 Å². The van der Waals surface area contributed by atoms with E-state index in [4.69, 9.17) is 10.5 Å². The van der Waals surface area contributed by atoms with E-state index in [0.29, 0.717) is 5.82 Å². The molecule has 0 spiro atoms. The average molecular weight is 330 g/mol. The zero-order chi connectivity index (χ0) is 17.9. The minimum Gasteiger partial charge on any atom is -0.483 e. The van der Waals surface area contributed by atoms with Crippen LogP contribution in [0.1, 0.15) is 36.8 Å². The van der Waals surface area contributed by atoms with Crippen molar-refractivity contribution in [3.8, 4) is 5.75 Å². The van der Waals surface area contributed by atoms with Crippen LogP contribution in [0.15, 0.2) is 30.3 Å². The molecule has 2 amide bonds. The smallest absolute Gasteiger partial charge is 0.263 e. The van der Waals surface area contributed by atoms with Crippen molar-refractivity contribution in [2.75, 3.05) is 11.9 Å². The Morgan fingerprint density at radius 1 is 1.29 bits per heavy atom. The van der Waals surface area contributed by atoms with E-state index in [1.165, 1.54) is 0 Å². The molecule has 1 heterocycles. The fraction of sp³-hybridized carbons (Fsp3) is 0.353. The Bertz CT molecular complexity index is 759. The minimum atomic E-state index is -0.604. The molecule has 0 aliphatic heterocycles. The molecule has 0 radical (unpaired) electrons. The Kier molecular flexibility index (Phi) is 4.92. The van der Waals surface area contributed by atoms with Gasteiger partial charge in [0.05, 0.1) is 11.3 Å². The van der Waals surface area contributed by atoms with Crippen LogP contribution in [0.4, 0.5) is 5.82 Å². The summed E-state index contributed by atoms with van der Waals surface area (Å²) >= 11 is 0. The van der Waals surface area contributed by atoms with E-state index < -0.39 is 5.91 Å². The maximum absolute atomic E-state index is 12.1. The van der Waals surface area contributed by atoms with Gasteiger partial charge in [-0.2, -0.15) is 5.10 Å². The van der Waals surface area contributed by atoms with Crippen molar-refractivity contribution < 1.29 is 14.3 Å². The van der Waals surface area contributed by atoms with Crippen molar-refractivity contribution in [3.63, 3.8) is 0 Å². The van der Waals surface area contributed by atoms with Crippen LogP contribution in [0.3, 0.4) is 0 Å². The number of nitrogens with one attached hydrogen (secondary N) is 1. The number of hydrogen-bond donors (Lipinski definition) is 2. The van der Waals surface area contributed by atoms with Gasteiger partial charge < -0.3 is 15.8 Å². The van der Waals surface area contributed by atoms with E-state index in [0.717, 1.165) is 5.69 Å². The summed E-state index contributed by atoms with van der Waals surface area (Å²) in [6.45, 7) is 5.90. The Labute approximate surface area is 140 Å². The highest BCUT2D eigenvalue weighted by Gasteiger charge is 2.20. The average Bonchev–Trinajstić information content (AvgIpc) is 2.86. The van der Waals surface area contributed by atoms with E-state index in [-0.39, 0.29) is 29.2 Å². The third-order valence-electron chi connectivity index (χ3n) is 3.43. The number of benzene rings is 1. The number of anilines is 1. The SMILES string of the molecule is Cn1nc(C(C)(C)C)cc1NC(=O)COc1ccccc1C(N)=O. The lowest BCUT2D eigenvalue weighted by molar-refractivity contribution is -0.118. The van der Waals surface area contributed by atoms with E-state index in [2.05, 4.69) is 10.4 Å². The van der Waals surface area contributed by atoms with Crippen molar-refractivity contribution in [3.05, 3.63) is 41.6 Å². The minimum absolute atomic E-state index is 0.113. The van der Waals surface area contributed by atoms with Gasteiger partial charge in [0.2, 0.25) is 0 Å². The molecule has 0 fully saturated rings. The number of aromatic nitrogens is 2. The molecular formula is C17H22N4O3. The van der Waals surface area contributed by atoms with Gasteiger partial charge in [-0.3, -0.25) is 14.3 Å². The first-order valence-electron chi connectivity index (χ1n) is 7.54. The normalized spacial score (nSPS) is 11.2. The highest BCUT2D eigenvalue weighted by Crippen LogP contribution is 2.23. The number of para-hydroxylation sites is 1. The largest absolute Gasteiger partial charge is 0.483 e. The number of aryl methyl sites for hydroxylation is 1. The molecule has 0 unspecified atom stereocenters. The van der Waals surface area contributed by atoms with Crippen molar-refractivity contribution in [1.29, 1.82) is 0 Å². The summed E-state index contributed by atoms with van der Waals surface area (Å²) in [6, 6.07) is 8.35. The molecule has 7 heteroatoms. The summed E-state index contributed by atoms with van der Waals surface area (Å²) in [7, 11) is 1.76. The van der Waals surface area contributed by atoms with Gasteiger partial charge in [-0.25, -0.2) is 0 Å². The predicted molar refractivity (Wildman–Crippen MR) is 91.0 cm³/mol. The molecule has 1 aromatic carbocycles. The first kappa shape index (κ1) is 17.5. The van der Waals surface area contributed by atoms with Gasteiger partial charge in [0.1, 0.15) is 11.6 Å². The Balaban J connectivity index is 2.02. The van der Waals surface area contributed by atoms with E-state index in [1.807, 2.05) is 26.8 Å². The standard InChI is InChI=1S/C17H22N4O3/c1-17(2,3)13-9-14(21(4)20-13)19-15(22)10-24-12-8-6-5-7-11(12)16(18)23/h5-9H,10H2,1-4H3,(H2,18,23)(H,19,22). The molecule has 2 aromatic rings. The lowest BCUT2D eigenvalue weighted by atomic mass is 9.92. The second kappa shape index (κ2) is 6.74. The van der Waals surface area contributed by atoms with E-state index >= 15 is 0 Å². The quantitative estimate of drug-likeness (QED) is 0.873. The first-order valence-corrected chi connectivity index (χ1v) is 7.54. The second-order valence-corrected chi connectivity index (χ2v) is 6.49. The number of ether oxygens (including phenoxy) is 1. The first-order chi connectivity index (χ1) is 11.2. The zero-order valence-corrected chi connectivity index (χ0v) is 14.3. The van der Waals surface area contributed by atoms with Crippen LogP contribution in [-0.4, -0.2) is 28.2 Å². The molecular weight excluding hydrogens is 308 g/mol. The third kappa shape index (κ3) is 4.13. The van der Waals surface area contributed by atoms with Gasteiger partial charge in [0.15, 0.2) is 6.61 Å². The van der Waals surface area contributed by atoms with Crippen LogP contribution >= 0.6 is 0 Å². The summed E-state index contributed by atoms with van der Waals surface area (Å²) in [4.78, 5) is 23.4. The number of primary amides is 1. The van der Waals surface area contributed by atoms with Gasteiger partial charge in [-0.15, -0.1) is 0 Å². The summed E-state index contributed by atoms with van der Waals surface area (Å²) in [5.74, 6) is -0.0950. The van der Waals surface area contributed by atoms with Crippen molar-refractivity contribution >= 4 is 17.6 Å². The van der Waals surface area contributed by atoms with Crippen LogP contribution in [-0.2, 0) is 17.3 Å². The summed E-state index contributed by atoms with van der Waals surface area (Å²) in [5, 5.41) is 7.13. The molecule has 24 heavy (non-hydrogen) atoms. The van der Waals surface area contributed by atoms with Crippen molar-refractivity contribution in [1.82, 2.24) is 9.78 Å². The predicted octanol–water partition coefficient (Wildman–Crippen LogP) is 1.83. The van der Waals surface area contributed by atoms with Crippen LogP contribution in [0.2, 0.25) is 0 Å². The molecule has 128 valence electrons. The molecule has 0 bridgehead atoms. The molecule has 0 saturated carbocycles. The number of carbonyl (C=O) groups is 2. The van der Waals surface area contributed by atoms with Crippen LogP contribution in [0, 0.1) is 0 Å². The Morgan fingerprint density at radius 2 is 1.96 bits per heavy atom. The van der Waals surface area contributed by atoms with Gasteiger partial charge in [0, 0.05) is 18.5 Å². The fourth-order valence-electron chi connectivity index (χ4n) is 2.07. The third-order valence-corrected chi connectivity index (χ3v) is 3.43. The fourth-order valence-corrected chi connectivity index (χ4v) is 2.07. The highest BCUT2D eigenvalue weighted by atomic mass is 16.5. The summed E-state index contributed by atoms with van der Waals surface area (Å²) < 4.78 is 7.01. The topological polar surface area (TPSA) is 99.2 Å². The van der Waals surface area contributed by atoms with Crippen molar-refractivity contribution in [2.24, 2.45) is 12.8 Å². The number of nitrogens with zero attached hydrogens (tertiary/aromatic N) is 2. The molecule has 1 aromatic heterocycles. The molecule has 0 saturated heterocycles. The molecule has 0 aliphatic carbocycles. The molecule has 7 nitrogen and oxygen atoms in total. The summed E-state index contributed by atoms with van der Waals surface area (Å²) in [5.41, 5.74) is 6.28. The Hall–Kier alpha value is -2.83. The van der Waals surface area contributed by atoms with Crippen molar-refractivity contribution in [2.45, 2.75) is 26.2 Å². The zero-order valence-electron chi connectivity index (χ0n) is 14.3.